The molecule has 0 saturated heterocycles. The van der Waals surface area contributed by atoms with Crippen LogP contribution in [-0.2, 0) is 28.2 Å². The second-order valence-electron chi connectivity index (χ2n) is 14.9. The van der Waals surface area contributed by atoms with E-state index in [4.69, 9.17) is 19.3 Å². The van der Waals surface area contributed by atoms with Crippen LogP contribution in [0.15, 0.2) is 72.9 Å². The van der Waals surface area contributed by atoms with Crippen molar-refractivity contribution in [2.75, 3.05) is 13.2 Å². The Morgan fingerprint density at radius 2 is 1.12 bits per heavy atom. The zero-order valence-electron chi connectivity index (χ0n) is 35.6. The highest BCUT2D eigenvalue weighted by atomic mass is 31.2. The van der Waals surface area contributed by atoms with Crippen molar-refractivity contribution in [3.8, 4) is 0 Å². The van der Waals surface area contributed by atoms with Crippen LogP contribution >= 0.6 is 7.82 Å². The minimum absolute atomic E-state index is 0.0834. The third kappa shape index (κ3) is 41.4. The Bertz CT molecular complexity index is 1200. The van der Waals surface area contributed by atoms with Crippen molar-refractivity contribution >= 4 is 19.8 Å². The number of carbonyl (C=O) groups is 2. The predicted molar refractivity (Wildman–Crippen MR) is 232 cm³/mol. The summed E-state index contributed by atoms with van der Waals surface area (Å²) in [5.74, 6) is -0.184. The van der Waals surface area contributed by atoms with E-state index < -0.39 is 44.7 Å². The number of rotatable bonds is 38. The topological polar surface area (TPSA) is 160 Å². The Morgan fingerprint density at radius 1 is 0.614 bits per heavy atom. The maximum atomic E-state index is 12.4. The summed E-state index contributed by atoms with van der Waals surface area (Å²) in [4.78, 5) is 42.9. The molecular weight excluding hydrogens is 743 g/mol. The average molecular weight is 823 g/mol. The third-order valence-corrected chi connectivity index (χ3v) is 9.95. The second kappa shape index (κ2) is 38.9. The number of esters is 2. The summed E-state index contributed by atoms with van der Waals surface area (Å²) in [6.07, 6.45) is 42.7. The lowest BCUT2D eigenvalue weighted by atomic mass is 9.99. The van der Waals surface area contributed by atoms with Gasteiger partial charge in [0, 0.05) is 12.8 Å². The molecule has 0 fully saturated rings. The number of unbranched alkanes of at least 4 members (excludes halogenated alkanes) is 13. The molecule has 0 aliphatic rings. The normalized spacial score (nSPS) is 14.9. The van der Waals surface area contributed by atoms with Gasteiger partial charge in [0.25, 0.3) is 0 Å². The predicted octanol–water partition coefficient (Wildman–Crippen LogP) is 11.3. The van der Waals surface area contributed by atoms with Crippen molar-refractivity contribution in [1.29, 1.82) is 0 Å². The molecule has 0 aliphatic carbocycles. The van der Waals surface area contributed by atoms with Gasteiger partial charge >= 0.3 is 19.8 Å². The lowest BCUT2D eigenvalue weighted by molar-refractivity contribution is -0.161. The molecule has 0 heterocycles. The van der Waals surface area contributed by atoms with Crippen molar-refractivity contribution in [3.63, 3.8) is 0 Å². The molecule has 0 amide bonds. The largest absolute Gasteiger partial charge is 0.469 e. The lowest BCUT2D eigenvalue weighted by Crippen LogP contribution is -2.29. The first-order valence-electron chi connectivity index (χ1n) is 21.8. The van der Waals surface area contributed by atoms with Crippen LogP contribution in [0.3, 0.4) is 0 Å². The van der Waals surface area contributed by atoms with Crippen molar-refractivity contribution in [2.24, 2.45) is 5.92 Å². The molecule has 0 aromatic rings. The number of carbonyl (C=O) groups excluding carboxylic acids is 2. The van der Waals surface area contributed by atoms with Crippen molar-refractivity contribution in [1.82, 2.24) is 0 Å². The van der Waals surface area contributed by atoms with Gasteiger partial charge in [-0.25, -0.2) is 4.57 Å². The number of hydrogen-bond donors (Lipinski definition) is 4. The minimum Gasteiger partial charge on any atom is -0.462 e. The van der Waals surface area contributed by atoms with Crippen molar-refractivity contribution in [3.05, 3.63) is 72.9 Å². The van der Waals surface area contributed by atoms with Crippen LogP contribution in [0.2, 0.25) is 0 Å². The quantitative estimate of drug-likeness (QED) is 0.0155. The number of ether oxygens (including phenoxy) is 2. The molecule has 0 aromatic heterocycles. The number of aliphatic hydroxyl groups excluding tert-OH is 2. The monoisotopic (exact) mass is 823 g/mol. The smallest absolute Gasteiger partial charge is 0.462 e. The maximum absolute atomic E-state index is 12.4. The van der Waals surface area contributed by atoms with Crippen LogP contribution in [0.1, 0.15) is 168 Å². The van der Waals surface area contributed by atoms with Gasteiger partial charge in [0.05, 0.1) is 18.8 Å². The van der Waals surface area contributed by atoms with Crippen LogP contribution in [-0.4, -0.2) is 63.5 Å². The third-order valence-electron chi connectivity index (χ3n) is 9.46. The first-order chi connectivity index (χ1) is 27.5. The van der Waals surface area contributed by atoms with Gasteiger partial charge < -0.3 is 29.5 Å². The molecule has 10 nitrogen and oxygen atoms in total. The molecule has 0 saturated carbocycles. The van der Waals surface area contributed by atoms with Crippen LogP contribution in [0.25, 0.3) is 0 Å². The zero-order chi connectivity index (χ0) is 42.2. The molecule has 328 valence electrons. The first kappa shape index (κ1) is 54.4. The van der Waals surface area contributed by atoms with Crippen molar-refractivity contribution < 1.29 is 48.2 Å². The Kier molecular flexibility index (Phi) is 37.1. The Labute approximate surface area is 345 Å². The van der Waals surface area contributed by atoms with Crippen molar-refractivity contribution in [2.45, 2.75) is 187 Å². The summed E-state index contributed by atoms with van der Waals surface area (Å²) in [6.45, 7) is 5.72. The van der Waals surface area contributed by atoms with E-state index in [0.717, 1.165) is 31.6 Å². The fourth-order valence-electron chi connectivity index (χ4n) is 5.79. The fraction of sp³-hybridized carbons (Fsp3) is 0.696. The van der Waals surface area contributed by atoms with E-state index in [9.17, 15) is 24.4 Å². The van der Waals surface area contributed by atoms with Gasteiger partial charge in [0.15, 0.2) is 6.10 Å². The van der Waals surface area contributed by atoms with E-state index in [1.165, 1.54) is 77.0 Å². The summed E-state index contributed by atoms with van der Waals surface area (Å²) >= 11 is 0. The van der Waals surface area contributed by atoms with E-state index in [0.29, 0.717) is 32.1 Å². The molecule has 0 rings (SSSR count). The molecule has 0 aliphatic heterocycles. The second-order valence-corrected chi connectivity index (χ2v) is 16.2. The van der Waals surface area contributed by atoms with E-state index in [1.807, 2.05) is 43.4 Å². The Balaban J connectivity index is 4.14. The molecule has 1 unspecified atom stereocenters. The summed E-state index contributed by atoms with van der Waals surface area (Å²) in [5, 5.41) is 19.9. The van der Waals surface area contributed by atoms with Gasteiger partial charge in [-0.2, -0.15) is 0 Å². The van der Waals surface area contributed by atoms with Gasteiger partial charge in [0.2, 0.25) is 0 Å². The molecule has 4 N–H and O–H groups in total. The molecule has 0 spiro atoms. The zero-order valence-corrected chi connectivity index (χ0v) is 36.5. The Hall–Kier alpha value is -2.59. The molecule has 0 radical (unpaired) electrons. The van der Waals surface area contributed by atoms with Gasteiger partial charge in [0.1, 0.15) is 6.61 Å². The first-order valence-corrected chi connectivity index (χ1v) is 23.4. The van der Waals surface area contributed by atoms with Gasteiger partial charge in [-0.3, -0.25) is 14.1 Å². The SMILES string of the molecule is CC/C=C\C[C@@H](O)/C=C/C=C\C=C\[C@@H](O)C/C=C\C/C=C\CCC(=O)OC[C@H](COP(=O)(O)O)OC(=O)CCCCCCCCCCCCCCCCC(C)CC. The Morgan fingerprint density at radius 3 is 1.65 bits per heavy atom. The molecule has 57 heavy (non-hydrogen) atoms. The van der Waals surface area contributed by atoms with Crippen LogP contribution in [0.4, 0.5) is 0 Å². The van der Waals surface area contributed by atoms with E-state index in [1.54, 1.807) is 36.5 Å². The number of allylic oxidation sites excluding steroid dienone is 8. The molecule has 11 heteroatoms. The van der Waals surface area contributed by atoms with Gasteiger partial charge in [-0.15, -0.1) is 0 Å². The van der Waals surface area contributed by atoms with Gasteiger partial charge in [-0.05, 0) is 44.4 Å². The van der Waals surface area contributed by atoms with Crippen LogP contribution in [0, 0.1) is 5.92 Å². The molecule has 4 atom stereocenters. The van der Waals surface area contributed by atoms with Crippen LogP contribution < -0.4 is 0 Å². The summed E-state index contributed by atoms with van der Waals surface area (Å²) in [5.41, 5.74) is 0. The highest BCUT2D eigenvalue weighted by molar-refractivity contribution is 7.46. The highest BCUT2D eigenvalue weighted by Gasteiger charge is 2.22. The summed E-state index contributed by atoms with van der Waals surface area (Å²) in [6, 6.07) is 0. The number of phosphoric acid groups is 1. The number of hydrogen-bond acceptors (Lipinski definition) is 8. The maximum Gasteiger partial charge on any atom is 0.469 e. The highest BCUT2D eigenvalue weighted by Crippen LogP contribution is 2.36. The molecule has 0 bridgehead atoms. The van der Waals surface area contributed by atoms with E-state index >= 15 is 0 Å². The molecule has 0 aromatic carbocycles. The van der Waals surface area contributed by atoms with Crippen LogP contribution in [0.5, 0.6) is 0 Å². The minimum atomic E-state index is -4.80. The van der Waals surface area contributed by atoms with Gasteiger partial charge in [-0.1, -0.05) is 190 Å². The average Bonchev–Trinajstić information content (AvgIpc) is 3.17. The number of phosphoric ester groups is 1. The fourth-order valence-corrected chi connectivity index (χ4v) is 6.15. The lowest BCUT2D eigenvalue weighted by Gasteiger charge is -2.18. The van der Waals surface area contributed by atoms with E-state index in [-0.39, 0.29) is 19.4 Å². The summed E-state index contributed by atoms with van der Waals surface area (Å²) < 4.78 is 26.3. The molecular formula is C46H79O10P. The van der Waals surface area contributed by atoms with E-state index in [2.05, 4.69) is 18.4 Å². The summed E-state index contributed by atoms with van der Waals surface area (Å²) in [7, 11) is -4.80. The standard InChI is InChI=1S/C46H79O10P/c1-4-6-25-33-42(47)35-28-23-24-29-36-43(48)34-27-20-17-18-21-30-37-45(49)54-39-44(40-55-57(51,52)53)56-46(50)38-31-22-16-14-12-10-8-7-9-11-13-15-19-26-32-41(3)5-2/h6,18,20-21,23-25,27-29,35-36,41-44,47-48H,4-5,7-17,19,22,26,30-34,37-40H2,1-3H3,(H2,51,52,53)/b21-18-,24-23-,25-6-,27-20-,35-28+,36-29+/t41?,42-,43+,44-/m1/s1. The number of aliphatic hydroxyl groups is 2.